The first-order chi connectivity index (χ1) is 14.1. The first-order valence-corrected chi connectivity index (χ1v) is 11.2. The van der Waals surface area contributed by atoms with Gasteiger partial charge in [-0.15, -0.1) is 0 Å². The fourth-order valence-corrected chi connectivity index (χ4v) is 5.69. The van der Waals surface area contributed by atoms with Gasteiger partial charge in [0.2, 0.25) is 0 Å². The summed E-state index contributed by atoms with van der Waals surface area (Å²) in [6, 6.07) is 6.03. The van der Waals surface area contributed by atoms with Crippen LogP contribution in [0.1, 0.15) is 24.5 Å². The molecule has 0 N–H and O–H groups in total. The van der Waals surface area contributed by atoms with Crippen LogP contribution in [0, 0.1) is 17.2 Å². The van der Waals surface area contributed by atoms with Gasteiger partial charge in [0.05, 0.1) is 21.5 Å². The summed E-state index contributed by atoms with van der Waals surface area (Å²) in [6.45, 7) is 3.42. The van der Waals surface area contributed by atoms with Crippen molar-refractivity contribution < 1.29 is 0 Å². The van der Waals surface area contributed by atoms with Crippen LogP contribution in [0.15, 0.2) is 24.5 Å². The van der Waals surface area contributed by atoms with Crippen molar-refractivity contribution in [3.05, 3.63) is 40.3 Å². The Balaban J connectivity index is 1.33. The second kappa shape index (κ2) is 7.60. The van der Waals surface area contributed by atoms with E-state index in [0.717, 1.165) is 65.9 Å². The molecule has 5 rings (SSSR count). The van der Waals surface area contributed by atoms with Crippen molar-refractivity contribution in [3.63, 3.8) is 0 Å². The molecule has 2 aliphatic rings. The van der Waals surface area contributed by atoms with E-state index in [9.17, 15) is 0 Å². The summed E-state index contributed by atoms with van der Waals surface area (Å²) in [4.78, 5) is 18.5. The molecule has 0 spiro atoms. The molecule has 2 saturated heterocycles. The zero-order valence-electron chi connectivity index (χ0n) is 15.6. The molecular weight excluding hydrogens is 427 g/mol. The summed E-state index contributed by atoms with van der Waals surface area (Å²) in [5.41, 5.74) is 1.85. The molecule has 2 aromatic heterocycles. The van der Waals surface area contributed by atoms with E-state index in [1.807, 2.05) is 6.07 Å². The van der Waals surface area contributed by atoms with Crippen molar-refractivity contribution in [2.24, 2.45) is 5.92 Å². The van der Waals surface area contributed by atoms with Crippen molar-refractivity contribution in [2.75, 3.05) is 36.0 Å². The fourth-order valence-electron chi connectivity index (χ4n) is 3.98. The van der Waals surface area contributed by atoms with Crippen LogP contribution < -0.4 is 9.80 Å². The van der Waals surface area contributed by atoms with Crippen LogP contribution in [0.5, 0.6) is 0 Å². The summed E-state index contributed by atoms with van der Waals surface area (Å²) in [5.74, 6) is 1.44. The number of nitrogens with zero attached hydrogens (tertiary/aromatic N) is 6. The standard InChI is InChI=1S/C20H18Cl2N6S/c21-14-7-15(22)18-16(8-14)29-20(26-18)28-10-13(11-28)17-19(25-4-3-24-17)27-5-1-12(9-23)2-6-27/h3-4,7-8,12-13H,1-2,5-6,10-11H2. The van der Waals surface area contributed by atoms with Gasteiger partial charge in [-0.25, -0.2) is 9.97 Å². The summed E-state index contributed by atoms with van der Waals surface area (Å²) in [7, 11) is 0. The zero-order chi connectivity index (χ0) is 20.0. The number of halogens is 2. The molecule has 6 nitrogen and oxygen atoms in total. The molecule has 0 amide bonds. The maximum absolute atomic E-state index is 9.14. The second-order valence-electron chi connectivity index (χ2n) is 7.49. The summed E-state index contributed by atoms with van der Waals surface area (Å²) in [6.07, 6.45) is 5.30. The van der Waals surface area contributed by atoms with E-state index in [-0.39, 0.29) is 5.92 Å². The Kier molecular flexibility index (Phi) is 4.94. The minimum absolute atomic E-state index is 0.157. The Hall–Kier alpha value is -2.14. The normalized spacial score (nSPS) is 18.1. The Morgan fingerprint density at radius 2 is 1.83 bits per heavy atom. The molecule has 2 fully saturated rings. The van der Waals surface area contributed by atoms with E-state index in [1.165, 1.54) is 0 Å². The number of fused-ring (bicyclic) bond motifs is 1. The maximum atomic E-state index is 9.14. The van der Waals surface area contributed by atoms with Crippen LogP contribution in [0.3, 0.4) is 0 Å². The number of hydrogen-bond donors (Lipinski definition) is 0. The molecule has 0 bridgehead atoms. The Labute approximate surface area is 182 Å². The molecule has 0 aliphatic carbocycles. The van der Waals surface area contributed by atoms with E-state index < -0.39 is 0 Å². The number of hydrogen-bond acceptors (Lipinski definition) is 7. The van der Waals surface area contributed by atoms with Crippen molar-refractivity contribution in [1.82, 2.24) is 15.0 Å². The topological polar surface area (TPSA) is 68.9 Å². The third-order valence-electron chi connectivity index (χ3n) is 5.62. The Bertz CT molecular complexity index is 1100. The van der Waals surface area contributed by atoms with Gasteiger partial charge in [0.15, 0.2) is 10.9 Å². The largest absolute Gasteiger partial charge is 0.355 e. The van der Waals surface area contributed by atoms with Crippen molar-refractivity contribution in [3.8, 4) is 6.07 Å². The molecule has 9 heteroatoms. The lowest BCUT2D eigenvalue weighted by Crippen LogP contribution is -2.46. The van der Waals surface area contributed by atoms with Crippen LogP contribution in [0.4, 0.5) is 10.9 Å². The quantitative estimate of drug-likeness (QED) is 0.580. The predicted octanol–water partition coefficient (Wildman–Crippen LogP) is 4.74. The van der Waals surface area contributed by atoms with E-state index in [1.54, 1.807) is 29.8 Å². The third-order valence-corrected chi connectivity index (χ3v) is 7.19. The molecule has 29 heavy (non-hydrogen) atoms. The van der Waals surface area contributed by atoms with Crippen LogP contribution in [0.2, 0.25) is 10.0 Å². The zero-order valence-corrected chi connectivity index (χ0v) is 17.9. The fraction of sp³-hybridized carbons (Fsp3) is 0.400. The molecule has 0 saturated carbocycles. The maximum Gasteiger partial charge on any atom is 0.186 e. The average molecular weight is 445 g/mol. The van der Waals surface area contributed by atoms with Crippen molar-refractivity contribution >= 4 is 55.7 Å². The highest BCUT2D eigenvalue weighted by Crippen LogP contribution is 2.40. The number of piperidine rings is 1. The molecule has 1 aromatic carbocycles. The second-order valence-corrected chi connectivity index (χ2v) is 9.34. The molecule has 0 radical (unpaired) electrons. The van der Waals surface area contributed by atoms with Gasteiger partial charge in [-0.3, -0.25) is 4.98 Å². The van der Waals surface area contributed by atoms with Gasteiger partial charge in [-0.05, 0) is 25.0 Å². The van der Waals surface area contributed by atoms with Gasteiger partial charge in [0, 0.05) is 55.4 Å². The van der Waals surface area contributed by atoms with Gasteiger partial charge in [-0.2, -0.15) is 5.26 Å². The number of nitriles is 1. The first kappa shape index (κ1) is 18.9. The Morgan fingerprint density at radius 3 is 2.59 bits per heavy atom. The number of aromatic nitrogens is 3. The Morgan fingerprint density at radius 1 is 1.07 bits per heavy atom. The lowest BCUT2D eigenvalue weighted by atomic mass is 9.94. The number of rotatable bonds is 3. The summed E-state index contributed by atoms with van der Waals surface area (Å²) in [5, 5.41) is 11.3. The van der Waals surface area contributed by atoms with Gasteiger partial charge < -0.3 is 9.80 Å². The summed E-state index contributed by atoms with van der Waals surface area (Å²) < 4.78 is 1.00. The molecule has 0 atom stereocenters. The van der Waals surface area contributed by atoms with Gasteiger partial charge in [0.1, 0.15) is 5.52 Å². The molecule has 0 unspecified atom stereocenters. The minimum Gasteiger partial charge on any atom is -0.355 e. The average Bonchev–Trinajstić information content (AvgIpc) is 3.11. The van der Waals surface area contributed by atoms with Crippen LogP contribution in [-0.2, 0) is 0 Å². The predicted molar refractivity (Wildman–Crippen MR) is 117 cm³/mol. The van der Waals surface area contributed by atoms with E-state index >= 15 is 0 Å². The summed E-state index contributed by atoms with van der Waals surface area (Å²) >= 11 is 14.0. The van der Waals surface area contributed by atoms with Crippen molar-refractivity contribution in [2.45, 2.75) is 18.8 Å². The molecule has 3 aromatic rings. The first-order valence-electron chi connectivity index (χ1n) is 9.58. The highest BCUT2D eigenvalue weighted by atomic mass is 35.5. The highest BCUT2D eigenvalue weighted by Gasteiger charge is 2.35. The number of benzene rings is 1. The number of thiazole rings is 1. The van der Waals surface area contributed by atoms with Crippen LogP contribution in [0.25, 0.3) is 10.2 Å². The highest BCUT2D eigenvalue weighted by molar-refractivity contribution is 7.22. The van der Waals surface area contributed by atoms with Gasteiger partial charge >= 0.3 is 0 Å². The molecule has 4 heterocycles. The molecular formula is C20H18Cl2N6S. The monoisotopic (exact) mass is 444 g/mol. The SMILES string of the molecule is N#CC1CCN(c2nccnc2C2CN(c3nc4c(Cl)cc(Cl)cc4s3)C2)CC1. The number of anilines is 2. The van der Waals surface area contributed by atoms with Gasteiger partial charge in [0.25, 0.3) is 0 Å². The smallest absolute Gasteiger partial charge is 0.186 e. The van der Waals surface area contributed by atoms with Crippen LogP contribution >= 0.6 is 34.5 Å². The molecule has 148 valence electrons. The minimum atomic E-state index is 0.157. The van der Waals surface area contributed by atoms with E-state index in [2.05, 4.69) is 25.8 Å². The van der Waals surface area contributed by atoms with E-state index in [4.69, 9.17) is 33.4 Å². The van der Waals surface area contributed by atoms with Gasteiger partial charge in [-0.1, -0.05) is 34.5 Å². The molecule has 2 aliphatic heterocycles. The lowest BCUT2D eigenvalue weighted by Gasteiger charge is -2.40. The van der Waals surface area contributed by atoms with E-state index in [0.29, 0.717) is 16.0 Å². The van der Waals surface area contributed by atoms with Crippen molar-refractivity contribution in [1.29, 1.82) is 5.26 Å². The third kappa shape index (κ3) is 3.50. The lowest BCUT2D eigenvalue weighted by molar-refractivity contribution is 0.474. The van der Waals surface area contributed by atoms with Crippen LogP contribution in [-0.4, -0.2) is 41.1 Å².